The smallest absolute Gasteiger partial charge is 0.274 e. The van der Waals surface area contributed by atoms with E-state index in [1.165, 1.54) is 18.7 Å². The number of sulfonamides is 1. The summed E-state index contributed by atoms with van der Waals surface area (Å²) in [4.78, 5) is 13.1. The van der Waals surface area contributed by atoms with Gasteiger partial charge in [-0.25, -0.2) is 8.42 Å². The average Bonchev–Trinajstić information content (AvgIpc) is 3.34. The number of ether oxygens (including phenoxy) is 1. The zero-order valence-electron chi connectivity index (χ0n) is 17.2. The van der Waals surface area contributed by atoms with E-state index in [-0.39, 0.29) is 22.7 Å². The molecule has 31 heavy (non-hydrogen) atoms. The van der Waals surface area contributed by atoms with E-state index in [4.69, 9.17) is 4.74 Å². The highest BCUT2D eigenvalue weighted by atomic mass is 32.2. The molecule has 0 saturated carbocycles. The van der Waals surface area contributed by atoms with Gasteiger partial charge in [-0.3, -0.25) is 9.10 Å². The van der Waals surface area contributed by atoms with Crippen molar-refractivity contribution < 1.29 is 17.9 Å². The van der Waals surface area contributed by atoms with Gasteiger partial charge < -0.3 is 10.1 Å². The van der Waals surface area contributed by atoms with Crippen LogP contribution in [0.5, 0.6) is 5.75 Å². The van der Waals surface area contributed by atoms with Crippen molar-refractivity contribution in [2.45, 2.75) is 29.5 Å². The molecule has 1 aromatic heterocycles. The van der Waals surface area contributed by atoms with Gasteiger partial charge in [0.05, 0.1) is 18.8 Å². The fraction of sp³-hybridized carbons (Fsp3) is 0.261. The number of anilines is 1. The summed E-state index contributed by atoms with van der Waals surface area (Å²) in [5.74, 6) is 0.0335. The number of nitrogens with zero attached hydrogens (tertiary/aromatic N) is 1. The van der Waals surface area contributed by atoms with Gasteiger partial charge in [0.1, 0.15) is 16.5 Å². The van der Waals surface area contributed by atoms with E-state index in [0.29, 0.717) is 11.4 Å². The van der Waals surface area contributed by atoms with E-state index in [2.05, 4.69) is 11.4 Å². The second-order valence-electron chi connectivity index (χ2n) is 7.33. The number of thiophene rings is 1. The van der Waals surface area contributed by atoms with Gasteiger partial charge in [-0.05, 0) is 54.0 Å². The molecule has 6 nitrogen and oxygen atoms in total. The molecule has 0 spiro atoms. The number of benzene rings is 2. The number of para-hydroxylation sites is 2. The molecule has 0 fully saturated rings. The molecule has 4 rings (SSSR count). The molecule has 2 aromatic carbocycles. The third kappa shape index (κ3) is 4.45. The van der Waals surface area contributed by atoms with E-state index < -0.39 is 10.0 Å². The largest absolute Gasteiger partial charge is 0.495 e. The van der Waals surface area contributed by atoms with E-state index in [1.54, 1.807) is 35.7 Å². The summed E-state index contributed by atoms with van der Waals surface area (Å²) in [6, 6.07) is 18.0. The first-order chi connectivity index (χ1) is 15.0. The van der Waals surface area contributed by atoms with Gasteiger partial charge in [-0.2, -0.15) is 0 Å². The SMILES string of the molecule is COc1ccccc1N(CC(=O)NC1CCCc2ccccc21)S(=O)(=O)c1cccs1. The van der Waals surface area contributed by atoms with E-state index in [1.807, 2.05) is 18.2 Å². The number of hydrogen-bond donors (Lipinski definition) is 1. The highest BCUT2D eigenvalue weighted by molar-refractivity contribution is 7.94. The molecule has 1 heterocycles. The maximum atomic E-state index is 13.4. The molecule has 8 heteroatoms. The molecule has 1 aliphatic carbocycles. The van der Waals surface area contributed by atoms with Crippen molar-refractivity contribution in [2.24, 2.45) is 0 Å². The summed E-state index contributed by atoms with van der Waals surface area (Å²) in [6.45, 7) is -0.334. The molecule has 0 saturated heterocycles. The number of rotatable bonds is 7. The number of nitrogens with one attached hydrogen (secondary N) is 1. The Morgan fingerprint density at radius 1 is 1.13 bits per heavy atom. The molecule has 1 amide bonds. The van der Waals surface area contributed by atoms with Crippen LogP contribution in [0.1, 0.15) is 30.0 Å². The Labute approximate surface area is 186 Å². The minimum Gasteiger partial charge on any atom is -0.495 e. The van der Waals surface area contributed by atoms with Crippen molar-refractivity contribution in [2.75, 3.05) is 18.0 Å². The first kappa shape index (κ1) is 21.4. The topological polar surface area (TPSA) is 75.7 Å². The predicted molar refractivity (Wildman–Crippen MR) is 122 cm³/mol. The van der Waals surface area contributed by atoms with Gasteiger partial charge in [0.25, 0.3) is 10.0 Å². The molecule has 3 aromatic rings. The van der Waals surface area contributed by atoms with Crippen LogP contribution in [0.25, 0.3) is 0 Å². The molecule has 0 bridgehead atoms. The van der Waals surface area contributed by atoms with Crippen molar-refractivity contribution in [1.29, 1.82) is 0 Å². The van der Waals surface area contributed by atoms with Crippen molar-refractivity contribution in [1.82, 2.24) is 5.32 Å². The number of methoxy groups -OCH3 is 1. The Balaban J connectivity index is 1.63. The number of hydrogen-bond acceptors (Lipinski definition) is 5. The molecule has 162 valence electrons. The third-order valence-electron chi connectivity index (χ3n) is 5.39. The Morgan fingerprint density at radius 2 is 1.90 bits per heavy atom. The minimum atomic E-state index is -3.93. The summed E-state index contributed by atoms with van der Waals surface area (Å²) < 4.78 is 33.5. The lowest BCUT2D eigenvalue weighted by Gasteiger charge is -2.29. The first-order valence-corrected chi connectivity index (χ1v) is 12.4. The maximum Gasteiger partial charge on any atom is 0.274 e. The molecule has 1 N–H and O–H groups in total. The van der Waals surface area contributed by atoms with Gasteiger partial charge in [-0.1, -0.05) is 42.5 Å². The van der Waals surface area contributed by atoms with E-state index in [9.17, 15) is 13.2 Å². The zero-order valence-corrected chi connectivity index (χ0v) is 18.8. The third-order valence-corrected chi connectivity index (χ3v) is 8.52. The molecule has 1 aliphatic rings. The van der Waals surface area contributed by atoms with E-state index >= 15 is 0 Å². The van der Waals surface area contributed by atoms with Gasteiger partial charge in [0.2, 0.25) is 5.91 Å². The lowest BCUT2D eigenvalue weighted by atomic mass is 9.88. The van der Waals surface area contributed by atoms with Gasteiger partial charge >= 0.3 is 0 Å². The number of amides is 1. The maximum absolute atomic E-state index is 13.4. The number of aryl methyl sites for hydroxylation is 1. The Bertz CT molecular complexity index is 1160. The minimum absolute atomic E-state index is 0.124. The molecule has 0 aliphatic heterocycles. The van der Waals surface area contributed by atoms with Gasteiger partial charge in [-0.15, -0.1) is 11.3 Å². The van der Waals surface area contributed by atoms with Gasteiger partial charge in [0, 0.05) is 0 Å². The van der Waals surface area contributed by atoms with Gasteiger partial charge in [0.15, 0.2) is 0 Å². The lowest BCUT2D eigenvalue weighted by molar-refractivity contribution is -0.120. The lowest BCUT2D eigenvalue weighted by Crippen LogP contribution is -2.42. The molecule has 1 atom stereocenters. The van der Waals surface area contributed by atoms with Crippen molar-refractivity contribution in [3.63, 3.8) is 0 Å². The summed E-state index contributed by atoms with van der Waals surface area (Å²) in [5.41, 5.74) is 2.66. The van der Waals surface area contributed by atoms with Crippen LogP contribution < -0.4 is 14.4 Å². The monoisotopic (exact) mass is 456 g/mol. The summed E-state index contributed by atoms with van der Waals surface area (Å²) in [6.07, 6.45) is 2.80. The predicted octanol–water partition coefficient (Wildman–Crippen LogP) is 4.15. The fourth-order valence-electron chi connectivity index (χ4n) is 3.93. The number of fused-ring (bicyclic) bond motifs is 1. The second kappa shape index (κ2) is 9.11. The molecular weight excluding hydrogens is 432 g/mol. The molecule has 0 radical (unpaired) electrons. The summed E-state index contributed by atoms with van der Waals surface area (Å²) in [5, 5.41) is 4.75. The van der Waals surface area contributed by atoms with Crippen LogP contribution in [-0.4, -0.2) is 28.0 Å². The van der Waals surface area contributed by atoms with E-state index in [0.717, 1.165) is 40.5 Å². The normalized spacial score (nSPS) is 15.7. The standard InChI is InChI=1S/C23H24N2O4S2/c1-29-21-13-5-4-12-20(21)25(31(27,28)23-14-7-15-30-23)16-22(26)24-19-11-6-9-17-8-2-3-10-18(17)19/h2-5,7-8,10,12-15,19H,6,9,11,16H2,1H3,(H,24,26). The van der Waals surface area contributed by atoms with Crippen molar-refractivity contribution in [3.05, 3.63) is 77.2 Å². The Kier molecular flexibility index (Phi) is 6.29. The first-order valence-electron chi connectivity index (χ1n) is 10.1. The van der Waals surface area contributed by atoms with Crippen molar-refractivity contribution in [3.8, 4) is 5.75 Å². The highest BCUT2D eigenvalue weighted by Crippen LogP contribution is 2.34. The van der Waals surface area contributed by atoms with Crippen LogP contribution in [0.4, 0.5) is 5.69 Å². The summed E-state index contributed by atoms with van der Waals surface area (Å²) in [7, 11) is -2.45. The van der Waals surface area contributed by atoms with Crippen LogP contribution in [0.15, 0.2) is 70.3 Å². The van der Waals surface area contributed by atoms with Crippen LogP contribution >= 0.6 is 11.3 Å². The molecular formula is C23H24N2O4S2. The fourth-order valence-corrected chi connectivity index (χ4v) is 6.46. The summed E-state index contributed by atoms with van der Waals surface area (Å²) >= 11 is 1.12. The number of carbonyl (C=O) groups excluding carboxylic acids is 1. The quantitative estimate of drug-likeness (QED) is 0.580. The zero-order chi connectivity index (χ0) is 21.8. The van der Waals surface area contributed by atoms with Crippen LogP contribution in [0, 0.1) is 0 Å². The van der Waals surface area contributed by atoms with Crippen molar-refractivity contribution >= 4 is 33.0 Å². The van der Waals surface area contributed by atoms with Crippen LogP contribution in [0.3, 0.4) is 0 Å². The van der Waals surface area contributed by atoms with Crippen LogP contribution in [-0.2, 0) is 21.2 Å². The number of carbonyl (C=O) groups is 1. The Morgan fingerprint density at radius 3 is 2.68 bits per heavy atom. The second-order valence-corrected chi connectivity index (χ2v) is 10.4. The molecule has 1 unspecified atom stereocenters. The average molecular weight is 457 g/mol. The highest BCUT2D eigenvalue weighted by Gasteiger charge is 2.31. The van der Waals surface area contributed by atoms with Crippen LogP contribution in [0.2, 0.25) is 0 Å². The Hall–Kier alpha value is -2.84.